The number of anilines is 1. The highest BCUT2D eigenvalue weighted by Gasteiger charge is 2.26. The first-order valence-corrected chi connectivity index (χ1v) is 11.9. The van der Waals surface area contributed by atoms with Gasteiger partial charge in [0.2, 0.25) is 11.9 Å². The minimum absolute atomic E-state index is 0.0858. The Labute approximate surface area is 197 Å². The van der Waals surface area contributed by atoms with Crippen molar-refractivity contribution in [1.82, 2.24) is 20.1 Å². The van der Waals surface area contributed by atoms with E-state index in [1.807, 2.05) is 60.0 Å². The molecule has 0 saturated carbocycles. The van der Waals surface area contributed by atoms with Gasteiger partial charge in [-0.2, -0.15) is 0 Å². The van der Waals surface area contributed by atoms with Crippen molar-refractivity contribution in [3.8, 4) is 11.4 Å². The lowest BCUT2D eigenvalue weighted by atomic mass is 10.2. The van der Waals surface area contributed by atoms with E-state index in [4.69, 9.17) is 16.3 Å². The van der Waals surface area contributed by atoms with Crippen LogP contribution in [0, 0.1) is 0 Å². The molecule has 1 aliphatic heterocycles. The minimum Gasteiger partial charge on any atom is -0.496 e. The molecule has 1 N–H and O–H groups in total. The fourth-order valence-corrected chi connectivity index (χ4v) is 4.79. The average molecular weight is 472 g/mol. The van der Waals surface area contributed by atoms with E-state index in [0.717, 1.165) is 48.9 Å². The summed E-state index contributed by atoms with van der Waals surface area (Å²) in [4.78, 5) is 15.0. The second kappa shape index (κ2) is 10.3. The molecule has 9 heteroatoms. The number of nitrogens with zero attached hydrogens (tertiary/aromatic N) is 4. The smallest absolute Gasteiger partial charge is 0.233 e. The van der Waals surface area contributed by atoms with E-state index in [1.165, 1.54) is 11.8 Å². The Kier molecular flexibility index (Phi) is 7.22. The molecule has 0 bridgehead atoms. The zero-order valence-corrected chi connectivity index (χ0v) is 19.7. The molecule has 168 valence electrons. The van der Waals surface area contributed by atoms with Crippen molar-refractivity contribution >= 4 is 35.2 Å². The molecule has 1 aromatic heterocycles. The second-order valence-corrected chi connectivity index (χ2v) is 9.27. The third kappa shape index (κ3) is 4.86. The number of ether oxygens (including phenoxy) is 1. The quantitative estimate of drug-likeness (QED) is 0.493. The van der Waals surface area contributed by atoms with E-state index < -0.39 is 0 Å². The normalized spacial score (nSPS) is 14.4. The molecule has 0 spiro atoms. The fourth-order valence-electron chi connectivity index (χ4n) is 3.69. The number of aromatic nitrogens is 3. The van der Waals surface area contributed by atoms with Gasteiger partial charge >= 0.3 is 0 Å². The molecule has 1 fully saturated rings. The standard InChI is InChI=1S/C23H26ClN5O2S/c1-16(21(30)25-15-17-9-3-6-12-20(17)31-2)32-23-27-26-22(28-13-7-8-14-28)29(23)19-11-5-4-10-18(19)24/h3-6,9-12,16H,7-8,13-15H2,1-2H3,(H,25,30). The molecule has 3 aromatic rings. The van der Waals surface area contributed by atoms with Crippen LogP contribution in [0.3, 0.4) is 0 Å². The maximum atomic E-state index is 12.8. The predicted molar refractivity (Wildman–Crippen MR) is 128 cm³/mol. The molecule has 1 saturated heterocycles. The Bertz CT molecular complexity index is 1080. The number of hydrogen-bond donors (Lipinski definition) is 1. The number of hydrogen-bond acceptors (Lipinski definition) is 6. The van der Waals surface area contributed by atoms with Gasteiger partial charge in [0.05, 0.1) is 23.1 Å². The van der Waals surface area contributed by atoms with Gasteiger partial charge in [-0.1, -0.05) is 53.7 Å². The maximum Gasteiger partial charge on any atom is 0.233 e. The van der Waals surface area contributed by atoms with Gasteiger partial charge in [0.15, 0.2) is 5.16 Å². The molecule has 1 aliphatic rings. The first kappa shape index (κ1) is 22.5. The molecule has 2 heterocycles. The lowest BCUT2D eigenvalue weighted by molar-refractivity contribution is -0.120. The van der Waals surface area contributed by atoms with Crippen molar-refractivity contribution in [2.24, 2.45) is 0 Å². The summed E-state index contributed by atoms with van der Waals surface area (Å²) in [7, 11) is 1.62. The summed E-state index contributed by atoms with van der Waals surface area (Å²) in [6.45, 7) is 4.12. The minimum atomic E-state index is -0.374. The van der Waals surface area contributed by atoms with Crippen molar-refractivity contribution < 1.29 is 9.53 Å². The van der Waals surface area contributed by atoms with Crippen LogP contribution in [-0.4, -0.2) is 46.1 Å². The number of carbonyl (C=O) groups excluding carboxylic acids is 1. The van der Waals surface area contributed by atoms with Crippen molar-refractivity contribution in [2.45, 2.75) is 36.7 Å². The van der Waals surface area contributed by atoms with Crippen LogP contribution in [0.1, 0.15) is 25.3 Å². The summed E-state index contributed by atoms with van der Waals surface area (Å²) in [6.07, 6.45) is 2.25. The van der Waals surface area contributed by atoms with E-state index in [0.29, 0.717) is 16.7 Å². The number of benzene rings is 2. The molecule has 32 heavy (non-hydrogen) atoms. The first-order chi connectivity index (χ1) is 15.6. The SMILES string of the molecule is COc1ccccc1CNC(=O)C(C)Sc1nnc(N2CCCC2)n1-c1ccccc1Cl. The Morgan fingerprint density at radius 2 is 1.88 bits per heavy atom. The summed E-state index contributed by atoms with van der Waals surface area (Å²) in [5, 5.41) is 12.7. The van der Waals surface area contributed by atoms with Gasteiger partial charge in [0, 0.05) is 25.2 Å². The Balaban J connectivity index is 1.53. The van der Waals surface area contributed by atoms with Gasteiger partial charge in [0.25, 0.3) is 0 Å². The van der Waals surface area contributed by atoms with E-state index in [1.54, 1.807) is 7.11 Å². The van der Waals surface area contributed by atoms with Crippen LogP contribution in [-0.2, 0) is 11.3 Å². The molecular formula is C23H26ClN5O2S. The third-order valence-electron chi connectivity index (χ3n) is 5.40. The van der Waals surface area contributed by atoms with Crippen LogP contribution in [0.25, 0.3) is 5.69 Å². The lowest BCUT2D eigenvalue weighted by Crippen LogP contribution is -2.30. The van der Waals surface area contributed by atoms with Crippen LogP contribution in [0.15, 0.2) is 53.7 Å². The molecule has 1 amide bonds. The van der Waals surface area contributed by atoms with Crippen LogP contribution < -0.4 is 15.0 Å². The zero-order valence-electron chi connectivity index (χ0n) is 18.1. The fraction of sp³-hybridized carbons (Fsp3) is 0.348. The lowest BCUT2D eigenvalue weighted by Gasteiger charge is -2.19. The number of thioether (sulfide) groups is 1. The van der Waals surface area contributed by atoms with E-state index >= 15 is 0 Å². The summed E-state index contributed by atoms with van der Waals surface area (Å²) in [6, 6.07) is 15.3. The number of carbonyl (C=O) groups is 1. The molecule has 4 rings (SSSR count). The highest BCUT2D eigenvalue weighted by Crippen LogP contribution is 2.33. The molecule has 0 aliphatic carbocycles. The molecule has 2 aromatic carbocycles. The Morgan fingerprint density at radius 1 is 1.16 bits per heavy atom. The highest BCUT2D eigenvalue weighted by molar-refractivity contribution is 8.00. The Morgan fingerprint density at radius 3 is 2.62 bits per heavy atom. The van der Waals surface area contributed by atoms with E-state index in [-0.39, 0.29) is 11.2 Å². The van der Waals surface area contributed by atoms with Gasteiger partial charge in [-0.15, -0.1) is 10.2 Å². The summed E-state index contributed by atoms with van der Waals surface area (Å²) < 4.78 is 7.33. The van der Waals surface area contributed by atoms with E-state index in [2.05, 4.69) is 20.4 Å². The van der Waals surface area contributed by atoms with Gasteiger partial charge < -0.3 is 15.0 Å². The van der Waals surface area contributed by atoms with Crippen molar-refractivity contribution in [3.05, 3.63) is 59.1 Å². The summed E-state index contributed by atoms with van der Waals surface area (Å²) in [5.74, 6) is 1.43. The second-order valence-electron chi connectivity index (χ2n) is 7.55. The van der Waals surface area contributed by atoms with Crippen molar-refractivity contribution in [2.75, 3.05) is 25.1 Å². The predicted octanol–water partition coefficient (Wildman–Crippen LogP) is 4.33. The number of methoxy groups -OCH3 is 1. The van der Waals surface area contributed by atoms with Crippen LogP contribution >= 0.6 is 23.4 Å². The third-order valence-corrected chi connectivity index (χ3v) is 6.76. The summed E-state index contributed by atoms with van der Waals surface area (Å²) in [5.41, 5.74) is 1.74. The average Bonchev–Trinajstić information content (AvgIpc) is 3.48. The molecule has 1 atom stereocenters. The van der Waals surface area contributed by atoms with Gasteiger partial charge in [-0.05, 0) is 38.0 Å². The largest absolute Gasteiger partial charge is 0.496 e. The van der Waals surface area contributed by atoms with Crippen LogP contribution in [0.2, 0.25) is 5.02 Å². The molecule has 0 radical (unpaired) electrons. The molecular weight excluding hydrogens is 446 g/mol. The van der Waals surface area contributed by atoms with Gasteiger partial charge in [-0.3, -0.25) is 9.36 Å². The van der Waals surface area contributed by atoms with Crippen molar-refractivity contribution in [3.63, 3.8) is 0 Å². The zero-order chi connectivity index (χ0) is 22.5. The van der Waals surface area contributed by atoms with Crippen LogP contribution in [0.5, 0.6) is 5.75 Å². The maximum absolute atomic E-state index is 12.8. The number of amides is 1. The number of halogens is 1. The topological polar surface area (TPSA) is 72.3 Å². The molecule has 7 nitrogen and oxygen atoms in total. The Hall–Kier alpha value is -2.71. The van der Waals surface area contributed by atoms with Gasteiger partial charge in [0.1, 0.15) is 5.75 Å². The first-order valence-electron chi connectivity index (χ1n) is 10.6. The van der Waals surface area contributed by atoms with Crippen LogP contribution in [0.4, 0.5) is 5.95 Å². The van der Waals surface area contributed by atoms with Gasteiger partial charge in [-0.25, -0.2) is 0 Å². The van der Waals surface area contributed by atoms with Crippen molar-refractivity contribution in [1.29, 1.82) is 0 Å². The number of nitrogens with one attached hydrogen (secondary N) is 1. The number of para-hydroxylation sites is 2. The summed E-state index contributed by atoms with van der Waals surface area (Å²) >= 11 is 7.88. The monoisotopic (exact) mass is 471 g/mol. The number of rotatable bonds is 8. The van der Waals surface area contributed by atoms with E-state index in [9.17, 15) is 4.79 Å². The molecule has 1 unspecified atom stereocenters. The highest BCUT2D eigenvalue weighted by atomic mass is 35.5.